The van der Waals surface area contributed by atoms with Gasteiger partial charge in [-0.25, -0.2) is 0 Å². The third kappa shape index (κ3) is 3.39. The Labute approximate surface area is 121 Å². The van der Waals surface area contributed by atoms with Crippen LogP contribution in [0.15, 0.2) is 27.8 Å². The minimum atomic E-state index is 0.124. The second-order valence-electron chi connectivity index (χ2n) is 4.56. The number of benzene rings is 1. The summed E-state index contributed by atoms with van der Waals surface area (Å²) in [6, 6.07) is 6.35. The van der Waals surface area contributed by atoms with Gasteiger partial charge in [-0.2, -0.15) is 0 Å². The molecule has 1 fully saturated rings. The van der Waals surface area contributed by atoms with Gasteiger partial charge in [0.15, 0.2) is 5.84 Å². The molecule has 1 aliphatic carbocycles. The van der Waals surface area contributed by atoms with Gasteiger partial charge in [-0.1, -0.05) is 21.1 Å². The molecule has 0 aromatic heterocycles. The highest BCUT2D eigenvalue weighted by molar-refractivity contribution is 9.10. The van der Waals surface area contributed by atoms with Crippen molar-refractivity contribution in [3.05, 3.63) is 28.2 Å². The monoisotopic (exact) mass is 327 g/mol. The number of nitrogens with zero attached hydrogens (tertiary/aromatic N) is 2. The molecule has 0 saturated heterocycles. The zero-order valence-electron chi connectivity index (χ0n) is 10.8. The van der Waals surface area contributed by atoms with Crippen LogP contribution in [0.5, 0.6) is 0 Å². The number of halogens is 1. The van der Waals surface area contributed by atoms with E-state index in [4.69, 9.17) is 15.7 Å². The van der Waals surface area contributed by atoms with E-state index in [2.05, 4.69) is 26.0 Å². The molecule has 0 atom stereocenters. The van der Waals surface area contributed by atoms with Crippen LogP contribution < -0.4 is 10.6 Å². The SMILES string of the molecule is COCCN(c1ccc(Br)cc1/C(N)=N/O)C1CC1. The molecule has 2 rings (SSSR count). The maximum absolute atomic E-state index is 8.92. The van der Waals surface area contributed by atoms with Crippen LogP contribution in [0.25, 0.3) is 0 Å². The Morgan fingerprint density at radius 2 is 2.32 bits per heavy atom. The van der Waals surface area contributed by atoms with E-state index < -0.39 is 0 Å². The Morgan fingerprint density at radius 3 is 2.89 bits per heavy atom. The minimum Gasteiger partial charge on any atom is -0.409 e. The summed E-state index contributed by atoms with van der Waals surface area (Å²) in [5.41, 5.74) is 7.49. The molecule has 1 saturated carbocycles. The molecule has 1 aromatic rings. The van der Waals surface area contributed by atoms with Crippen molar-refractivity contribution in [2.75, 3.05) is 25.2 Å². The van der Waals surface area contributed by atoms with Gasteiger partial charge < -0.3 is 20.6 Å². The van der Waals surface area contributed by atoms with Gasteiger partial charge in [0.05, 0.1) is 6.61 Å². The van der Waals surface area contributed by atoms with Crippen LogP contribution in [0.3, 0.4) is 0 Å². The van der Waals surface area contributed by atoms with E-state index in [1.54, 1.807) is 7.11 Å². The van der Waals surface area contributed by atoms with Crippen LogP contribution in [-0.2, 0) is 4.74 Å². The number of oxime groups is 1. The molecular formula is C13H18BrN3O2. The molecule has 0 aliphatic heterocycles. The Morgan fingerprint density at radius 1 is 1.58 bits per heavy atom. The van der Waals surface area contributed by atoms with Crippen molar-refractivity contribution >= 4 is 27.5 Å². The van der Waals surface area contributed by atoms with Crippen LogP contribution >= 0.6 is 15.9 Å². The summed E-state index contributed by atoms with van der Waals surface area (Å²) in [5.74, 6) is 0.124. The first-order valence-electron chi connectivity index (χ1n) is 6.20. The van der Waals surface area contributed by atoms with Crippen molar-refractivity contribution < 1.29 is 9.94 Å². The predicted octanol–water partition coefficient (Wildman–Crippen LogP) is 2.16. The van der Waals surface area contributed by atoms with Gasteiger partial charge in [0.1, 0.15) is 0 Å². The molecule has 6 heteroatoms. The zero-order valence-corrected chi connectivity index (χ0v) is 12.4. The molecule has 1 aliphatic rings. The van der Waals surface area contributed by atoms with E-state index in [0.717, 1.165) is 22.3 Å². The molecule has 0 spiro atoms. The van der Waals surface area contributed by atoms with Gasteiger partial charge in [-0.3, -0.25) is 0 Å². The third-order valence-electron chi connectivity index (χ3n) is 3.18. The van der Waals surface area contributed by atoms with E-state index >= 15 is 0 Å². The number of nitrogens with two attached hydrogens (primary N) is 1. The van der Waals surface area contributed by atoms with Gasteiger partial charge in [0.2, 0.25) is 0 Å². The van der Waals surface area contributed by atoms with Gasteiger partial charge >= 0.3 is 0 Å². The van der Waals surface area contributed by atoms with Gasteiger partial charge in [-0.15, -0.1) is 0 Å². The highest BCUT2D eigenvalue weighted by atomic mass is 79.9. The van der Waals surface area contributed by atoms with E-state index in [-0.39, 0.29) is 5.84 Å². The molecule has 104 valence electrons. The molecule has 3 N–H and O–H groups in total. The van der Waals surface area contributed by atoms with Crippen LogP contribution in [0.1, 0.15) is 18.4 Å². The summed E-state index contributed by atoms with van der Waals surface area (Å²) in [5, 5.41) is 12.0. The second-order valence-corrected chi connectivity index (χ2v) is 5.48. The maximum atomic E-state index is 8.92. The highest BCUT2D eigenvalue weighted by Gasteiger charge is 2.30. The summed E-state index contributed by atoms with van der Waals surface area (Å²) in [6.45, 7) is 1.46. The molecule has 1 aromatic carbocycles. The molecule has 0 unspecified atom stereocenters. The van der Waals surface area contributed by atoms with Crippen molar-refractivity contribution in [1.82, 2.24) is 0 Å². The first-order valence-corrected chi connectivity index (χ1v) is 6.99. The molecular weight excluding hydrogens is 310 g/mol. The first kappa shape index (κ1) is 14.1. The lowest BCUT2D eigenvalue weighted by atomic mass is 10.1. The van der Waals surface area contributed by atoms with Crippen LogP contribution in [-0.4, -0.2) is 37.3 Å². The van der Waals surface area contributed by atoms with E-state index in [9.17, 15) is 0 Å². The molecule has 0 bridgehead atoms. The second kappa shape index (κ2) is 6.25. The Kier molecular flexibility index (Phi) is 4.66. The number of anilines is 1. The Balaban J connectivity index is 2.35. The van der Waals surface area contributed by atoms with E-state index in [1.807, 2.05) is 18.2 Å². The fourth-order valence-corrected chi connectivity index (χ4v) is 2.45. The smallest absolute Gasteiger partial charge is 0.172 e. The van der Waals surface area contributed by atoms with Crippen molar-refractivity contribution in [2.45, 2.75) is 18.9 Å². The van der Waals surface area contributed by atoms with Crippen LogP contribution in [0.2, 0.25) is 0 Å². The topological polar surface area (TPSA) is 71.1 Å². The van der Waals surface area contributed by atoms with Crippen molar-refractivity contribution in [2.24, 2.45) is 10.9 Å². The fraction of sp³-hybridized carbons (Fsp3) is 0.462. The number of ether oxygens (including phenoxy) is 1. The number of hydrogen-bond acceptors (Lipinski definition) is 4. The summed E-state index contributed by atoms with van der Waals surface area (Å²) < 4.78 is 6.06. The maximum Gasteiger partial charge on any atom is 0.172 e. The van der Waals surface area contributed by atoms with E-state index in [0.29, 0.717) is 12.6 Å². The predicted molar refractivity (Wildman–Crippen MR) is 78.9 cm³/mol. The van der Waals surface area contributed by atoms with Crippen LogP contribution in [0, 0.1) is 0 Å². The highest BCUT2D eigenvalue weighted by Crippen LogP contribution is 2.34. The van der Waals surface area contributed by atoms with E-state index in [1.165, 1.54) is 12.8 Å². The quantitative estimate of drug-likeness (QED) is 0.363. The standard InChI is InChI=1S/C13H18BrN3O2/c1-19-7-6-17(10-3-4-10)12-5-2-9(14)8-11(12)13(15)16-18/h2,5,8,10,18H,3-4,6-7H2,1H3,(H2,15,16). The van der Waals surface area contributed by atoms with Gasteiger partial charge in [0.25, 0.3) is 0 Å². The van der Waals surface area contributed by atoms with Crippen molar-refractivity contribution in [1.29, 1.82) is 0 Å². The number of methoxy groups -OCH3 is 1. The Bertz CT molecular complexity index is 475. The number of amidine groups is 1. The largest absolute Gasteiger partial charge is 0.409 e. The summed E-state index contributed by atoms with van der Waals surface area (Å²) in [7, 11) is 1.69. The molecule has 0 heterocycles. The molecule has 0 amide bonds. The Hall–Kier alpha value is -1.27. The summed E-state index contributed by atoms with van der Waals surface area (Å²) in [6.07, 6.45) is 2.35. The normalized spacial score (nSPS) is 15.6. The lowest BCUT2D eigenvalue weighted by Gasteiger charge is -2.26. The molecule has 19 heavy (non-hydrogen) atoms. The summed E-state index contributed by atoms with van der Waals surface area (Å²) >= 11 is 3.41. The average Bonchev–Trinajstić information content (AvgIpc) is 3.24. The molecule has 0 radical (unpaired) electrons. The zero-order chi connectivity index (χ0) is 13.8. The number of hydrogen-bond donors (Lipinski definition) is 2. The van der Waals surface area contributed by atoms with Crippen LogP contribution in [0.4, 0.5) is 5.69 Å². The number of rotatable bonds is 6. The third-order valence-corrected chi connectivity index (χ3v) is 3.67. The lowest BCUT2D eigenvalue weighted by Crippen LogP contribution is -2.31. The first-order chi connectivity index (χ1) is 9.17. The average molecular weight is 328 g/mol. The lowest BCUT2D eigenvalue weighted by molar-refractivity contribution is 0.205. The molecule has 5 nitrogen and oxygen atoms in total. The minimum absolute atomic E-state index is 0.124. The van der Waals surface area contributed by atoms with Crippen molar-refractivity contribution in [3.63, 3.8) is 0 Å². The van der Waals surface area contributed by atoms with Gasteiger partial charge in [0, 0.05) is 35.4 Å². The fourth-order valence-electron chi connectivity index (χ4n) is 2.09. The summed E-state index contributed by atoms with van der Waals surface area (Å²) in [4.78, 5) is 2.27. The van der Waals surface area contributed by atoms with Crippen molar-refractivity contribution in [3.8, 4) is 0 Å². The van der Waals surface area contributed by atoms with Gasteiger partial charge in [-0.05, 0) is 31.0 Å².